The maximum absolute atomic E-state index is 5.98. The first-order valence-corrected chi connectivity index (χ1v) is 8.13. The van der Waals surface area contributed by atoms with Gasteiger partial charge < -0.3 is 11.1 Å². The molecule has 19 heavy (non-hydrogen) atoms. The number of nitrogen functional groups attached to an aromatic ring is 1. The minimum absolute atomic E-state index is 0.0862. The number of anilines is 2. The molecule has 0 fully saturated rings. The summed E-state index contributed by atoms with van der Waals surface area (Å²) >= 11 is 1.89. The Bertz CT molecular complexity index is 413. The first-order valence-electron chi connectivity index (χ1n) is 6.73. The lowest BCUT2D eigenvalue weighted by atomic mass is 9.95. The highest BCUT2D eigenvalue weighted by Gasteiger charge is 2.20. The highest BCUT2D eigenvalue weighted by atomic mass is 32.2. The van der Waals surface area contributed by atoms with Crippen LogP contribution in [0.1, 0.15) is 45.0 Å². The number of nitrogens with one attached hydrogen (secondary N) is 1. The van der Waals surface area contributed by atoms with Gasteiger partial charge in [0.05, 0.1) is 0 Å². The zero-order chi connectivity index (χ0) is 14.5. The Morgan fingerprint density at radius 3 is 2.47 bits per heavy atom. The zero-order valence-electron chi connectivity index (χ0n) is 12.7. The van der Waals surface area contributed by atoms with Crippen molar-refractivity contribution >= 4 is 23.4 Å². The van der Waals surface area contributed by atoms with Crippen LogP contribution < -0.4 is 11.1 Å². The summed E-state index contributed by atoms with van der Waals surface area (Å²) in [4.78, 5) is 9.00. The van der Waals surface area contributed by atoms with Gasteiger partial charge in [0, 0.05) is 17.5 Å². The molecule has 0 aliphatic carbocycles. The second kappa shape index (κ2) is 6.98. The van der Waals surface area contributed by atoms with Crippen LogP contribution in [0.2, 0.25) is 0 Å². The van der Waals surface area contributed by atoms with Gasteiger partial charge in [0.1, 0.15) is 17.5 Å². The van der Waals surface area contributed by atoms with Crippen molar-refractivity contribution in [3.63, 3.8) is 0 Å². The predicted octanol–water partition coefficient (Wildman–Crippen LogP) is 3.22. The number of nitrogens with two attached hydrogens (primary N) is 1. The van der Waals surface area contributed by atoms with Crippen molar-refractivity contribution < 1.29 is 0 Å². The van der Waals surface area contributed by atoms with E-state index in [1.807, 2.05) is 18.7 Å². The number of hydrogen-bond donors (Lipinski definition) is 2. The molecule has 0 aliphatic heterocycles. The monoisotopic (exact) mass is 282 g/mol. The van der Waals surface area contributed by atoms with Crippen molar-refractivity contribution in [1.29, 1.82) is 0 Å². The lowest BCUT2D eigenvalue weighted by molar-refractivity contribution is 0.546. The van der Waals surface area contributed by atoms with Crippen molar-refractivity contribution in [3.05, 3.63) is 11.4 Å². The highest BCUT2D eigenvalue weighted by Crippen LogP contribution is 2.24. The molecular weight excluding hydrogens is 256 g/mol. The van der Waals surface area contributed by atoms with Gasteiger partial charge in [0.2, 0.25) is 0 Å². The summed E-state index contributed by atoms with van der Waals surface area (Å²) in [5.41, 5.74) is 6.83. The molecule has 0 saturated carbocycles. The van der Waals surface area contributed by atoms with Crippen LogP contribution in [0.25, 0.3) is 0 Å². The average molecular weight is 282 g/mol. The fourth-order valence-corrected chi connectivity index (χ4v) is 2.11. The van der Waals surface area contributed by atoms with E-state index in [0.717, 1.165) is 30.2 Å². The lowest BCUT2D eigenvalue weighted by Gasteiger charge is -2.19. The van der Waals surface area contributed by atoms with Gasteiger partial charge >= 0.3 is 0 Å². The van der Waals surface area contributed by atoms with Crippen LogP contribution in [0.15, 0.2) is 0 Å². The third kappa shape index (κ3) is 4.90. The van der Waals surface area contributed by atoms with Crippen LogP contribution in [0.4, 0.5) is 11.6 Å². The van der Waals surface area contributed by atoms with Crippen LogP contribution >= 0.6 is 11.8 Å². The largest absolute Gasteiger partial charge is 0.383 e. The number of thioether (sulfide) groups is 1. The quantitative estimate of drug-likeness (QED) is 0.784. The Morgan fingerprint density at radius 2 is 1.89 bits per heavy atom. The van der Waals surface area contributed by atoms with Crippen LogP contribution in [0.3, 0.4) is 0 Å². The van der Waals surface area contributed by atoms with E-state index in [1.165, 1.54) is 12.2 Å². The second-order valence-corrected chi connectivity index (χ2v) is 6.77. The summed E-state index contributed by atoms with van der Waals surface area (Å²) in [5, 5.41) is 3.38. The fraction of sp³-hybridized carbons (Fsp3) is 0.714. The molecule has 1 aromatic heterocycles. The van der Waals surface area contributed by atoms with E-state index in [-0.39, 0.29) is 5.41 Å². The maximum atomic E-state index is 5.98. The molecule has 3 N–H and O–H groups in total. The fourth-order valence-electron chi connectivity index (χ4n) is 1.62. The second-order valence-electron chi connectivity index (χ2n) is 5.78. The highest BCUT2D eigenvalue weighted by molar-refractivity contribution is 7.98. The molecule has 0 bridgehead atoms. The van der Waals surface area contributed by atoms with Crippen molar-refractivity contribution in [2.24, 2.45) is 0 Å². The number of aromatic nitrogens is 2. The van der Waals surface area contributed by atoms with Gasteiger partial charge in [0.15, 0.2) is 0 Å². The number of nitrogens with zero attached hydrogens (tertiary/aromatic N) is 2. The van der Waals surface area contributed by atoms with Crippen molar-refractivity contribution in [2.75, 3.05) is 29.6 Å². The maximum Gasteiger partial charge on any atom is 0.138 e. The van der Waals surface area contributed by atoms with Crippen molar-refractivity contribution in [2.45, 2.75) is 46.0 Å². The van der Waals surface area contributed by atoms with Gasteiger partial charge in [-0.25, -0.2) is 9.97 Å². The molecule has 0 aliphatic rings. The Labute approximate surface area is 121 Å². The van der Waals surface area contributed by atoms with Crippen LogP contribution in [-0.2, 0) is 5.41 Å². The predicted molar refractivity (Wildman–Crippen MR) is 86.0 cm³/mol. The summed E-state index contributed by atoms with van der Waals surface area (Å²) < 4.78 is 0. The van der Waals surface area contributed by atoms with E-state index in [2.05, 4.69) is 42.3 Å². The normalized spacial score (nSPS) is 11.6. The topological polar surface area (TPSA) is 63.8 Å². The van der Waals surface area contributed by atoms with Gasteiger partial charge in [-0.2, -0.15) is 11.8 Å². The van der Waals surface area contributed by atoms with Crippen LogP contribution in [0.5, 0.6) is 0 Å². The van der Waals surface area contributed by atoms with Gasteiger partial charge in [0.25, 0.3) is 0 Å². The van der Waals surface area contributed by atoms with Crippen LogP contribution in [-0.4, -0.2) is 28.5 Å². The first-order chi connectivity index (χ1) is 8.86. The zero-order valence-corrected chi connectivity index (χ0v) is 13.5. The Kier molecular flexibility index (Phi) is 5.91. The summed E-state index contributed by atoms with van der Waals surface area (Å²) in [6.07, 6.45) is 4.51. The molecule has 0 unspecified atom stereocenters. The molecule has 1 rings (SSSR count). The summed E-state index contributed by atoms with van der Waals surface area (Å²) in [6, 6.07) is 0. The third-order valence-corrected chi connectivity index (χ3v) is 3.62. The molecule has 0 aromatic carbocycles. The lowest BCUT2D eigenvalue weighted by Crippen LogP contribution is -2.19. The molecule has 0 saturated heterocycles. The van der Waals surface area contributed by atoms with E-state index >= 15 is 0 Å². The van der Waals surface area contributed by atoms with E-state index in [1.54, 1.807) is 0 Å². The molecule has 1 heterocycles. The smallest absolute Gasteiger partial charge is 0.138 e. The number of hydrogen-bond acceptors (Lipinski definition) is 5. The van der Waals surface area contributed by atoms with Gasteiger partial charge in [-0.05, 0) is 31.8 Å². The van der Waals surface area contributed by atoms with Gasteiger partial charge in [-0.1, -0.05) is 20.8 Å². The first kappa shape index (κ1) is 16.1. The molecule has 108 valence electrons. The molecule has 0 atom stereocenters. The Hall–Kier alpha value is -0.970. The van der Waals surface area contributed by atoms with Crippen LogP contribution in [0, 0.1) is 6.92 Å². The van der Waals surface area contributed by atoms with Gasteiger partial charge in [-0.3, -0.25) is 0 Å². The Morgan fingerprint density at radius 1 is 1.21 bits per heavy atom. The molecule has 4 nitrogen and oxygen atoms in total. The summed E-state index contributed by atoms with van der Waals surface area (Å²) in [7, 11) is 0. The average Bonchev–Trinajstić information content (AvgIpc) is 2.32. The molecule has 1 aromatic rings. The standard InChI is InChI=1S/C14H26N4S/c1-10-11(15)17-13(14(2,3)4)18-12(10)16-8-6-7-9-19-5/h6-9H2,1-5H3,(H3,15,16,17,18). The summed E-state index contributed by atoms with van der Waals surface area (Å²) in [6.45, 7) is 9.19. The van der Waals surface area contributed by atoms with Crippen molar-refractivity contribution in [1.82, 2.24) is 9.97 Å². The molecule has 5 heteroatoms. The Balaban J connectivity index is 2.74. The van der Waals surface area contributed by atoms with Crippen molar-refractivity contribution in [3.8, 4) is 0 Å². The molecule has 0 amide bonds. The molecule has 0 radical (unpaired) electrons. The van der Waals surface area contributed by atoms with E-state index in [4.69, 9.17) is 5.73 Å². The molecular formula is C14H26N4S. The number of rotatable bonds is 6. The van der Waals surface area contributed by atoms with E-state index in [9.17, 15) is 0 Å². The molecule has 0 spiro atoms. The minimum atomic E-state index is -0.0862. The minimum Gasteiger partial charge on any atom is -0.383 e. The van der Waals surface area contributed by atoms with E-state index in [0.29, 0.717) is 5.82 Å². The number of unbranched alkanes of at least 4 members (excludes halogenated alkanes) is 1. The summed E-state index contributed by atoms with van der Waals surface area (Å²) in [5.74, 6) is 3.45. The van der Waals surface area contributed by atoms with Gasteiger partial charge in [-0.15, -0.1) is 0 Å². The van der Waals surface area contributed by atoms with E-state index < -0.39 is 0 Å². The third-order valence-electron chi connectivity index (χ3n) is 2.92. The SMILES string of the molecule is CSCCCCNc1nc(C(C)(C)C)nc(N)c1C.